The molecular weight excluding hydrogens is 488 g/mol. The number of ether oxygens (including phenoxy) is 2. The monoisotopic (exact) mass is 518 g/mol. The van der Waals surface area contributed by atoms with Crippen LogP contribution < -0.4 is 16.3 Å². The van der Waals surface area contributed by atoms with Crippen LogP contribution in [0.1, 0.15) is 62.6 Å². The van der Waals surface area contributed by atoms with Crippen LogP contribution in [0.25, 0.3) is 11.0 Å². The topological polar surface area (TPSA) is 101 Å². The summed E-state index contributed by atoms with van der Waals surface area (Å²) in [6.45, 7) is 6.12. The molecule has 7 nitrogen and oxygen atoms in total. The zero-order valence-electron chi connectivity index (χ0n) is 21.4. The Kier molecular flexibility index (Phi) is 7.88. The largest absolute Gasteiger partial charge is 0.465 e. The molecule has 37 heavy (non-hydrogen) atoms. The maximum absolute atomic E-state index is 14.0. The molecule has 1 unspecified atom stereocenters. The average Bonchev–Trinajstić information content (AvgIpc) is 3.18. The van der Waals surface area contributed by atoms with Crippen LogP contribution in [0.5, 0.6) is 0 Å². The number of rotatable bonds is 7. The van der Waals surface area contributed by atoms with E-state index in [4.69, 9.17) is 15.2 Å². The highest BCUT2D eigenvalue weighted by molar-refractivity contribution is 8.10. The van der Waals surface area contributed by atoms with Gasteiger partial charge in [-0.3, -0.25) is 9.36 Å². The number of hydrogen-bond acceptors (Lipinski definition) is 7. The normalized spacial score (nSPS) is 15.5. The summed E-state index contributed by atoms with van der Waals surface area (Å²) in [6, 6.07) is 15.2. The molecule has 1 aliphatic heterocycles. The van der Waals surface area contributed by atoms with Crippen LogP contribution in [-0.4, -0.2) is 36.1 Å². The second-order valence-electron chi connectivity index (χ2n) is 8.97. The molecule has 1 aromatic heterocycles. The van der Waals surface area contributed by atoms with Gasteiger partial charge in [0, 0.05) is 5.22 Å². The molecule has 2 N–H and O–H groups in total. The van der Waals surface area contributed by atoms with Gasteiger partial charge in [-0.25, -0.2) is 9.59 Å². The molecule has 2 aromatic carbocycles. The van der Waals surface area contributed by atoms with Gasteiger partial charge in [0.1, 0.15) is 10.2 Å². The summed E-state index contributed by atoms with van der Waals surface area (Å²) in [5, 5.41) is -0.135. The van der Waals surface area contributed by atoms with Gasteiger partial charge in [0.05, 0.1) is 24.8 Å². The van der Waals surface area contributed by atoms with E-state index in [1.165, 1.54) is 11.7 Å². The van der Waals surface area contributed by atoms with Crippen molar-refractivity contribution in [2.24, 2.45) is 0 Å². The number of anilines is 1. The maximum Gasteiger partial charge on any atom is 0.357 e. The van der Waals surface area contributed by atoms with Gasteiger partial charge >= 0.3 is 11.9 Å². The van der Waals surface area contributed by atoms with E-state index < -0.39 is 17.2 Å². The van der Waals surface area contributed by atoms with Crippen LogP contribution >= 0.6 is 11.8 Å². The van der Waals surface area contributed by atoms with E-state index in [-0.39, 0.29) is 34.1 Å². The number of nitrogens with two attached hydrogens (primary N) is 1. The summed E-state index contributed by atoms with van der Waals surface area (Å²) < 4.78 is 11.8. The van der Waals surface area contributed by atoms with E-state index >= 15 is 0 Å². The van der Waals surface area contributed by atoms with E-state index in [2.05, 4.69) is 0 Å². The first-order chi connectivity index (χ1) is 17.8. The lowest BCUT2D eigenvalue weighted by molar-refractivity contribution is -0.133. The van der Waals surface area contributed by atoms with Gasteiger partial charge in [-0.1, -0.05) is 84.8 Å². The predicted molar refractivity (Wildman–Crippen MR) is 146 cm³/mol. The third-order valence-corrected chi connectivity index (χ3v) is 7.51. The van der Waals surface area contributed by atoms with Crippen molar-refractivity contribution >= 4 is 46.3 Å². The van der Waals surface area contributed by atoms with Crippen LogP contribution in [0.2, 0.25) is 0 Å². The highest BCUT2D eigenvalue weighted by atomic mass is 32.2. The van der Waals surface area contributed by atoms with Gasteiger partial charge in [-0.05, 0) is 37.5 Å². The number of aryl methyl sites for hydroxylation is 2. The quantitative estimate of drug-likeness (QED) is 0.374. The standard InChI is InChI=1S/C29H30N2O5S/c1-5-6-15-36-28(33)24-22(30)21(16-19-11-7-17(2)8-12-19)23-26(29(34)35-4)37-25(27(32)31(23)24)20-13-9-18(3)10-14-20/h7-14,16,25H,5-6,15,30H2,1-4H3/b21-16+. The first kappa shape index (κ1) is 26.3. The summed E-state index contributed by atoms with van der Waals surface area (Å²) in [7, 11) is 1.28. The van der Waals surface area contributed by atoms with E-state index in [1.54, 1.807) is 6.08 Å². The van der Waals surface area contributed by atoms with Crippen LogP contribution in [0.3, 0.4) is 0 Å². The molecule has 4 rings (SSSR count). The third-order valence-electron chi connectivity index (χ3n) is 6.21. The van der Waals surface area contributed by atoms with Crippen LogP contribution in [0.4, 0.5) is 5.69 Å². The Morgan fingerprint density at radius 3 is 2.24 bits per heavy atom. The number of aromatic nitrogens is 1. The number of benzene rings is 2. The van der Waals surface area contributed by atoms with E-state index in [1.807, 2.05) is 69.3 Å². The zero-order chi connectivity index (χ0) is 26.7. The minimum atomic E-state index is -0.775. The Bertz CT molecular complexity index is 1470. The minimum absolute atomic E-state index is 0.0757. The van der Waals surface area contributed by atoms with Gasteiger partial charge in [0.15, 0.2) is 5.69 Å². The smallest absolute Gasteiger partial charge is 0.357 e. The van der Waals surface area contributed by atoms with Crippen molar-refractivity contribution in [1.82, 2.24) is 4.57 Å². The highest BCUT2D eigenvalue weighted by Gasteiger charge is 2.38. The van der Waals surface area contributed by atoms with E-state index in [0.717, 1.165) is 34.9 Å². The van der Waals surface area contributed by atoms with E-state index in [0.29, 0.717) is 17.2 Å². The molecule has 192 valence electrons. The Hall–Kier alpha value is -3.78. The number of carbonyl (C=O) groups is 3. The fourth-order valence-electron chi connectivity index (χ4n) is 4.14. The fourth-order valence-corrected chi connectivity index (χ4v) is 5.36. The van der Waals surface area contributed by atoms with Crippen molar-refractivity contribution in [1.29, 1.82) is 0 Å². The van der Waals surface area contributed by atoms with Crippen molar-refractivity contribution < 1.29 is 23.9 Å². The summed E-state index contributed by atoms with van der Waals surface area (Å²) >= 11 is 1.10. The van der Waals surface area contributed by atoms with Crippen LogP contribution in [0, 0.1) is 13.8 Å². The van der Waals surface area contributed by atoms with Crippen molar-refractivity contribution in [2.75, 3.05) is 19.5 Å². The number of carbonyl (C=O) groups excluding carboxylic acids is 3. The van der Waals surface area contributed by atoms with Crippen molar-refractivity contribution in [3.63, 3.8) is 0 Å². The average molecular weight is 519 g/mol. The SMILES string of the molecule is CCCCOC(=O)c1c(N)/c(=C\c2ccc(C)cc2)c2n1C(=O)C(c1ccc(C)cc1)SC=2C(=O)OC. The molecule has 1 atom stereocenters. The lowest BCUT2D eigenvalue weighted by atomic mass is 10.1. The molecule has 0 amide bonds. The van der Waals surface area contributed by atoms with Gasteiger partial charge in [0.25, 0.3) is 0 Å². The molecule has 2 heterocycles. The lowest BCUT2D eigenvalue weighted by Crippen LogP contribution is -2.42. The summed E-state index contributed by atoms with van der Waals surface area (Å²) in [6.07, 6.45) is 3.29. The maximum atomic E-state index is 14.0. The number of nitrogens with zero attached hydrogens (tertiary/aromatic N) is 1. The molecule has 0 saturated heterocycles. The first-order valence-electron chi connectivity index (χ1n) is 12.1. The molecule has 0 fully saturated rings. The second-order valence-corrected chi connectivity index (χ2v) is 10.1. The Morgan fingerprint density at radius 1 is 1.03 bits per heavy atom. The van der Waals surface area contributed by atoms with Crippen LogP contribution in [0.15, 0.2) is 48.5 Å². The molecule has 0 bridgehead atoms. The molecule has 1 aliphatic rings. The van der Waals surface area contributed by atoms with E-state index in [9.17, 15) is 14.4 Å². The molecule has 0 saturated carbocycles. The van der Waals surface area contributed by atoms with Crippen molar-refractivity contribution in [2.45, 2.75) is 38.9 Å². The second kappa shape index (κ2) is 11.1. The predicted octanol–water partition coefficient (Wildman–Crippen LogP) is 3.88. The zero-order valence-corrected chi connectivity index (χ0v) is 22.2. The number of nitrogen functional groups attached to an aromatic ring is 1. The number of hydrogen-bond donors (Lipinski definition) is 1. The molecule has 0 aliphatic carbocycles. The fraction of sp³-hybridized carbons (Fsp3) is 0.276. The van der Waals surface area contributed by atoms with Gasteiger partial charge < -0.3 is 15.2 Å². The number of methoxy groups -OCH3 is 1. The summed E-state index contributed by atoms with van der Waals surface area (Å²) in [4.78, 5) is 40.5. The number of unbranched alkanes of at least 4 members (excludes halogenated alkanes) is 1. The minimum Gasteiger partial charge on any atom is -0.465 e. The molecule has 3 aromatic rings. The highest BCUT2D eigenvalue weighted by Crippen LogP contribution is 2.39. The Morgan fingerprint density at radius 2 is 1.65 bits per heavy atom. The summed E-state index contributed by atoms with van der Waals surface area (Å²) in [5.74, 6) is -1.70. The Labute approximate surface area is 219 Å². The number of fused-ring (bicyclic) bond motifs is 1. The van der Waals surface area contributed by atoms with Gasteiger partial charge in [-0.15, -0.1) is 0 Å². The van der Waals surface area contributed by atoms with Gasteiger partial charge in [0.2, 0.25) is 5.91 Å². The summed E-state index contributed by atoms with van der Waals surface area (Å²) in [5.41, 5.74) is 10.2. The van der Waals surface area contributed by atoms with Crippen molar-refractivity contribution in [3.05, 3.63) is 87.0 Å². The molecule has 0 radical (unpaired) electrons. The van der Waals surface area contributed by atoms with Crippen LogP contribution in [-0.2, 0) is 14.3 Å². The third kappa shape index (κ3) is 5.20. The molecule has 8 heteroatoms. The Balaban J connectivity index is 2.03. The molecular formula is C29H30N2O5S. The first-order valence-corrected chi connectivity index (χ1v) is 13.0. The van der Waals surface area contributed by atoms with Gasteiger partial charge in [-0.2, -0.15) is 0 Å². The lowest BCUT2D eigenvalue weighted by Gasteiger charge is -2.23. The number of esters is 2. The number of thioether (sulfide) groups is 1. The molecule has 0 spiro atoms. The van der Waals surface area contributed by atoms with Crippen molar-refractivity contribution in [3.8, 4) is 0 Å².